The molecule has 0 spiro atoms. The van der Waals surface area contributed by atoms with Gasteiger partial charge in [0.05, 0.1) is 17.4 Å². The molecule has 0 saturated carbocycles. The van der Waals surface area contributed by atoms with E-state index < -0.39 is 11.9 Å². The number of furan rings is 1. The van der Waals surface area contributed by atoms with Crippen molar-refractivity contribution < 1.29 is 18.7 Å². The summed E-state index contributed by atoms with van der Waals surface area (Å²) in [6.07, 6.45) is 2.57. The highest BCUT2D eigenvalue weighted by Gasteiger charge is 2.15. The van der Waals surface area contributed by atoms with E-state index in [4.69, 9.17) is 9.15 Å². The average Bonchev–Trinajstić information content (AvgIpc) is 3.10. The number of carbonyl (C=O) groups excluding carboxylic acids is 2. The van der Waals surface area contributed by atoms with E-state index in [0.717, 1.165) is 11.1 Å². The van der Waals surface area contributed by atoms with Gasteiger partial charge >= 0.3 is 11.9 Å². The van der Waals surface area contributed by atoms with Crippen LogP contribution in [0.15, 0.2) is 77.6 Å². The van der Waals surface area contributed by atoms with E-state index in [9.17, 15) is 9.59 Å². The van der Waals surface area contributed by atoms with Gasteiger partial charge in [0.1, 0.15) is 6.26 Å². The van der Waals surface area contributed by atoms with Crippen LogP contribution in [0, 0.1) is 0 Å². The molecule has 0 bridgehead atoms. The van der Waals surface area contributed by atoms with Gasteiger partial charge in [0.25, 0.3) is 0 Å². The number of ether oxygens (including phenoxy) is 1. The summed E-state index contributed by atoms with van der Waals surface area (Å²) in [6.45, 7) is 0. The fourth-order valence-electron chi connectivity index (χ4n) is 2.01. The molecule has 3 rings (SSSR count). The second kappa shape index (κ2) is 6.10. The van der Waals surface area contributed by atoms with Crippen molar-refractivity contribution in [1.29, 1.82) is 0 Å². The van der Waals surface area contributed by atoms with Crippen molar-refractivity contribution >= 4 is 11.9 Å². The molecule has 1 aromatic heterocycles. The third-order valence-electron chi connectivity index (χ3n) is 3.17. The van der Waals surface area contributed by atoms with Crippen LogP contribution in [-0.4, -0.2) is 11.9 Å². The van der Waals surface area contributed by atoms with Crippen LogP contribution >= 0.6 is 0 Å². The maximum atomic E-state index is 11.9. The molecule has 108 valence electrons. The third-order valence-corrected chi connectivity index (χ3v) is 3.17. The van der Waals surface area contributed by atoms with E-state index in [2.05, 4.69) is 0 Å². The summed E-state index contributed by atoms with van der Waals surface area (Å²) in [4.78, 5) is 23.6. The Morgan fingerprint density at radius 3 is 2.00 bits per heavy atom. The lowest BCUT2D eigenvalue weighted by atomic mass is 10.0. The monoisotopic (exact) mass is 292 g/mol. The molecule has 0 saturated heterocycles. The highest BCUT2D eigenvalue weighted by Crippen LogP contribution is 2.19. The number of hydrogen-bond acceptors (Lipinski definition) is 4. The normalized spacial score (nSPS) is 10.2. The zero-order valence-corrected chi connectivity index (χ0v) is 11.6. The summed E-state index contributed by atoms with van der Waals surface area (Å²) in [5.74, 6) is -1.42. The van der Waals surface area contributed by atoms with E-state index in [1.165, 1.54) is 18.6 Å². The molecule has 0 unspecified atom stereocenters. The molecule has 1 heterocycles. The van der Waals surface area contributed by atoms with Crippen LogP contribution in [0.4, 0.5) is 0 Å². The standard InChI is InChI=1S/C18H12O4/c19-17(22-18(20)16-10-11-21-12-16)15-8-6-14(7-9-15)13-4-2-1-3-5-13/h1-12H. The Morgan fingerprint density at radius 2 is 1.36 bits per heavy atom. The van der Waals surface area contributed by atoms with E-state index in [0.29, 0.717) is 5.56 Å². The SMILES string of the molecule is O=C(OC(=O)c1ccoc1)c1ccc(-c2ccccc2)cc1. The summed E-state index contributed by atoms with van der Waals surface area (Å²) in [6, 6.07) is 18.1. The van der Waals surface area contributed by atoms with Crippen LogP contribution < -0.4 is 0 Å². The first-order valence-corrected chi connectivity index (χ1v) is 6.68. The van der Waals surface area contributed by atoms with Crippen molar-refractivity contribution in [3.63, 3.8) is 0 Å². The first-order chi connectivity index (χ1) is 10.7. The van der Waals surface area contributed by atoms with Crippen molar-refractivity contribution in [2.24, 2.45) is 0 Å². The fourth-order valence-corrected chi connectivity index (χ4v) is 2.01. The van der Waals surface area contributed by atoms with Crippen LogP contribution in [0.5, 0.6) is 0 Å². The summed E-state index contributed by atoms with van der Waals surface area (Å²) >= 11 is 0. The molecule has 0 aliphatic carbocycles. The third kappa shape index (κ3) is 2.96. The second-order valence-electron chi connectivity index (χ2n) is 4.63. The second-order valence-corrected chi connectivity index (χ2v) is 4.63. The summed E-state index contributed by atoms with van der Waals surface area (Å²) in [7, 11) is 0. The molecule has 0 aliphatic heterocycles. The van der Waals surface area contributed by atoms with E-state index >= 15 is 0 Å². The minimum atomic E-state index is -0.731. The number of hydrogen-bond donors (Lipinski definition) is 0. The summed E-state index contributed by atoms with van der Waals surface area (Å²) < 4.78 is 9.56. The zero-order chi connectivity index (χ0) is 15.4. The van der Waals surface area contributed by atoms with Gasteiger partial charge in [-0.1, -0.05) is 42.5 Å². The molecule has 4 heteroatoms. The molecule has 0 fully saturated rings. The lowest BCUT2D eigenvalue weighted by Gasteiger charge is -2.04. The number of benzene rings is 2. The minimum absolute atomic E-state index is 0.203. The molecular weight excluding hydrogens is 280 g/mol. The molecule has 0 N–H and O–H groups in total. The van der Waals surface area contributed by atoms with Gasteiger partial charge in [-0.2, -0.15) is 0 Å². The smallest absolute Gasteiger partial charge is 0.349 e. The predicted molar refractivity (Wildman–Crippen MR) is 80.3 cm³/mol. The first kappa shape index (κ1) is 13.8. The van der Waals surface area contributed by atoms with Crippen LogP contribution in [0.25, 0.3) is 11.1 Å². The molecule has 22 heavy (non-hydrogen) atoms. The average molecular weight is 292 g/mol. The molecule has 4 nitrogen and oxygen atoms in total. The van der Waals surface area contributed by atoms with E-state index in [-0.39, 0.29) is 5.56 Å². The van der Waals surface area contributed by atoms with Crippen molar-refractivity contribution in [2.75, 3.05) is 0 Å². The molecular formula is C18H12O4. The highest BCUT2D eigenvalue weighted by atomic mass is 16.6. The lowest BCUT2D eigenvalue weighted by Crippen LogP contribution is -2.12. The largest absolute Gasteiger partial charge is 0.472 e. The topological polar surface area (TPSA) is 56.5 Å². The lowest BCUT2D eigenvalue weighted by molar-refractivity contribution is 0.0397. The summed E-state index contributed by atoms with van der Waals surface area (Å²) in [5.41, 5.74) is 2.56. The van der Waals surface area contributed by atoms with Gasteiger partial charge < -0.3 is 9.15 Å². The predicted octanol–water partition coefficient (Wildman–Crippen LogP) is 3.94. The molecule has 0 amide bonds. The highest BCUT2D eigenvalue weighted by molar-refractivity contribution is 6.02. The minimum Gasteiger partial charge on any atom is -0.472 e. The number of rotatable bonds is 3. The van der Waals surface area contributed by atoms with Crippen molar-refractivity contribution in [3.8, 4) is 11.1 Å². The molecule has 0 atom stereocenters. The Labute approximate surface area is 127 Å². The molecule has 0 aliphatic rings. The quantitative estimate of drug-likeness (QED) is 0.542. The van der Waals surface area contributed by atoms with E-state index in [1.54, 1.807) is 12.1 Å². The van der Waals surface area contributed by atoms with Crippen LogP contribution in [0.3, 0.4) is 0 Å². The van der Waals surface area contributed by atoms with Crippen molar-refractivity contribution in [1.82, 2.24) is 0 Å². The summed E-state index contributed by atoms with van der Waals surface area (Å²) in [5, 5.41) is 0. The Morgan fingerprint density at radius 1 is 0.727 bits per heavy atom. The Balaban J connectivity index is 1.73. The molecule has 3 aromatic rings. The molecule has 2 aromatic carbocycles. The molecule has 0 radical (unpaired) electrons. The van der Waals surface area contributed by atoms with Gasteiger partial charge in [-0.25, -0.2) is 9.59 Å². The number of carbonyl (C=O) groups is 2. The van der Waals surface area contributed by atoms with Crippen LogP contribution in [0.1, 0.15) is 20.7 Å². The maximum Gasteiger partial charge on any atom is 0.349 e. The van der Waals surface area contributed by atoms with Gasteiger partial charge in [0.15, 0.2) is 0 Å². The van der Waals surface area contributed by atoms with Gasteiger partial charge in [0, 0.05) is 0 Å². The van der Waals surface area contributed by atoms with Crippen LogP contribution in [0.2, 0.25) is 0 Å². The Bertz CT molecular complexity index is 772. The van der Waals surface area contributed by atoms with Crippen LogP contribution in [-0.2, 0) is 4.74 Å². The Hall–Kier alpha value is -3.14. The van der Waals surface area contributed by atoms with Crippen molar-refractivity contribution in [2.45, 2.75) is 0 Å². The maximum absolute atomic E-state index is 11.9. The van der Waals surface area contributed by atoms with Crippen molar-refractivity contribution in [3.05, 3.63) is 84.3 Å². The zero-order valence-electron chi connectivity index (χ0n) is 11.6. The fraction of sp³-hybridized carbons (Fsp3) is 0. The van der Waals surface area contributed by atoms with Gasteiger partial charge in [-0.15, -0.1) is 0 Å². The van der Waals surface area contributed by atoms with E-state index in [1.807, 2.05) is 42.5 Å². The number of esters is 2. The van der Waals surface area contributed by atoms with Gasteiger partial charge in [-0.05, 0) is 29.3 Å². The van der Waals surface area contributed by atoms with Gasteiger partial charge in [-0.3, -0.25) is 0 Å². The van der Waals surface area contributed by atoms with Gasteiger partial charge in [0.2, 0.25) is 0 Å². The first-order valence-electron chi connectivity index (χ1n) is 6.68. The Kier molecular flexibility index (Phi) is 3.83.